The highest BCUT2D eigenvalue weighted by Crippen LogP contribution is 2.25. The van der Waals surface area contributed by atoms with E-state index < -0.39 is 0 Å². The lowest BCUT2D eigenvalue weighted by molar-refractivity contribution is -0.134. The Kier molecular flexibility index (Phi) is 6.22. The normalized spacial score (nSPS) is 15.1. The highest BCUT2D eigenvalue weighted by Gasteiger charge is 2.19. The van der Waals surface area contributed by atoms with Gasteiger partial charge in [-0.1, -0.05) is 12.1 Å². The molecule has 1 fully saturated rings. The van der Waals surface area contributed by atoms with Crippen LogP contribution in [0.3, 0.4) is 0 Å². The first-order valence-corrected chi connectivity index (χ1v) is 7.59. The molecule has 1 aromatic rings. The molecule has 0 aromatic heterocycles. The van der Waals surface area contributed by atoms with Crippen molar-refractivity contribution in [1.29, 1.82) is 0 Å². The molecule has 1 N–H and O–H groups in total. The summed E-state index contributed by atoms with van der Waals surface area (Å²) < 4.78 is 10.6. The van der Waals surface area contributed by atoms with E-state index in [1.165, 1.54) is 7.11 Å². The van der Waals surface area contributed by atoms with Crippen LogP contribution in [0.25, 0.3) is 0 Å². The van der Waals surface area contributed by atoms with Crippen molar-refractivity contribution in [3.8, 4) is 11.5 Å². The Morgan fingerprint density at radius 2 is 1.78 bits per heavy atom. The highest BCUT2D eigenvalue weighted by atomic mass is 16.5. The van der Waals surface area contributed by atoms with Crippen molar-refractivity contribution in [3.05, 3.63) is 24.3 Å². The second-order valence-corrected chi connectivity index (χ2v) is 5.40. The van der Waals surface area contributed by atoms with E-state index in [0.717, 1.165) is 13.1 Å². The summed E-state index contributed by atoms with van der Waals surface area (Å²) in [6.45, 7) is 2.95. The number of ether oxygens (including phenoxy) is 2. The molecule has 0 radical (unpaired) electrons. The van der Waals surface area contributed by atoms with Gasteiger partial charge in [0.15, 0.2) is 18.1 Å². The number of hydrogen-bond acceptors (Lipinski definition) is 5. The fraction of sp³-hybridized carbons (Fsp3) is 0.500. The lowest BCUT2D eigenvalue weighted by Crippen LogP contribution is -2.50. The van der Waals surface area contributed by atoms with Crippen LogP contribution in [0.2, 0.25) is 0 Å². The topological polar surface area (TPSA) is 71.1 Å². The molecule has 1 aliphatic heterocycles. The Morgan fingerprint density at radius 1 is 1.13 bits per heavy atom. The molecule has 2 rings (SSSR count). The van der Waals surface area contributed by atoms with Gasteiger partial charge < -0.3 is 24.6 Å². The molecular formula is C16H23N3O4. The number of para-hydroxylation sites is 2. The zero-order valence-corrected chi connectivity index (χ0v) is 13.6. The average Bonchev–Trinajstić information content (AvgIpc) is 2.58. The number of carbonyl (C=O) groups excluding carboxylic acids is 2. The minimum absolute atomic E-state index is 0.00215. The molecule has 7 heteroatoms. The molecule has 1 saturated heterocycles. The summed E-state index contributed by atoms with van der Waals surface area (Å²) in [5.41, 5.74) is 0. The second-order valence-electron chi connectivity index (χ2n) is 5.40. The van der Waals surface area contributed by atoms with Crippen molar-refractivity contribution in [1.82, 2.24) is 15.1 Å². The molecule has 0 atom stereocenters. The predicted octanol–water partition coefficient (Wildman–Crippen LogP) is -0.0358. The number of amides is 2. The standard InChI is InChI=1S/C16H23N3O4/c1-18-7-9-19(10-8-18)16(21)11-17-15(20)12-23-14-6-4-3-5-13(14)22-2/h3-6H,7-12H2,1-2H3,(H,17,20). The number of likely N-dealkylation sites (N-methyl/N-ethyl adjacent to an activating group) is 1. The molecule has 7 nitrogen and oxygen atoms in total. The van der Waals surface area contributed by atoms with Crippen LogP contribution in [0.4, 0.5) is 0 Å². The van der Waals surface area contributed by atoms with Gasteiger partial charge in [0.25, 0.3) is 5.91 Å². The molecule has 0 unspecified atom stereocenters. The monoisotopic (exact) mass is 321 g/mol. The van der Waals surface area contributed by atoms with Crippen LogP contribution in [-0.2, 0) is 9.59 Å². The van der Waals surface area contributed by atoms with Crippen LogP contribution in [-0.4, -0.2) is 75.1 Å². The van der Waals surface area contributed by atoms with E-state index in [-0.39, 0.29) is 25.0 Å². The Balaban J connectivity index is 1.71. The van der Waals surface area contributed by atoms with E-state index in [1.807, 2.05) is 13.1 Å². The zero-order chi connectivity index (χ0) is 16.7. The minimum atomic E-state index is -0.335. The van der Waals surface area contributed by atoms with E-state index in [4.69, 9.17) is 9.47 Å². The maximum Gasteiger partial charge on any atom is 0.258 e. The van der Waals surface area contributed by atoms with Crippen molar-refractivity contribution in [2.45, 2.75) is 0 Å². The SMILES string of the molecule is COc1ccccc1OCC(=O)NCC(=O)N1CCN(C)CC1. The van der Waals surface area contributed by atoms with E-state index in [0.29, 0.717) is 24.6 Å². The van der Waals surface area contributed by atoms with Crippen molar-refractivity contribution < 1.29 is 19.1 Å². The van der Waals surface area contributed by atoms with Crippen LogP contribution < -0.4 is 14.8 Å². The third kappa shape index (κ3) is 5.14. The quantitative estimate of drug-likeness (QED) is 0.796. The molecule has 23 heavy (non-hydrogen) atoms. The predicted molar refractivity (Wildman–Crippen MR) is 85.6 cm³/mol. The van der Waals surface area contributed by atoms with E-state index in [9.17, 15) is 9.59 Å². The highest BCUT2D eigenvalue weighted by molar-refractivity contribution is 5.85. The molecule has 1 heterocycles. The first-order valence-electron chi connectivity index (χ1n) is 7.59. The second kappa shape index (κ2) is 8.38. The third-order valence-corrected chi connectivity index (χ3v) is 3.72. The van der Waals surface area contributed by atoms with Gasteiger partial charge in [0.05, 0.1) is 13.7 Å². The number of piperazine rings is 1. The summed E-state index contributed by atoms with van der Waals surface area (Å²) in [6, 6.07) is 7.10. The smallest absolute Gasteiger partial charge is 0.258 e. The Hall–Kier alpha value is -2.28. The molecule has 2 amide bonds. The van der Waals surface area contributed by atoms with Gasteiger partial charge in [-0.3, -0.25) is 9.59 Å². The van der Waals surface area contributed by atoms with Crippen molar-refractivity contribution >= 4 is 11.8 Å². The van der Waals surface area contributed by atoms with Crippen LogP contribution in [0.1, 0.15) is 0 Å². The minimum Gasteiger partial charge on any atom is -0.493 e. The summed E-state index contributed by atoms with van der Waals surface area (Å²) in [4.78, 5) is 27.8. The Labute approximate surface area is 136 Å². The summed E-state index contributed by atoms with van der Waals surface area (Å²) >= 11 is 0. The van der Waals surface area contributed by atoms with E-state index >= 15 is 0 Å². The van der Waals surface area contributed by atoms with Gasteiger partial charge >= 0.3 is 0 Å². The van der Waals surface area contributed by atoms with Crippen molar-refractivity contribution in [2.24, 2.45) is 0 Å². The van der Waals surface area contributed by atoms with Crippen molar-refractivity contribution in [3.63, 3.8) is 0 Å². The molecule has 0 saturated carbocycles. The number of nitrogens with one attached hydrogen (secondary N) is 1. The number of methoxy groups -OCH3 is 1. The fourth-order valence-corrected chi connectivity index (χ4v) is 2.27. The number of carbonyl (C=O) groups is 2. The molecule has 0 bridgehead atoms. The lowest BCUT2D eigenvalue weighted by Gasteiger charge is -2.32. The third-order valence-electron chi connectivity index (χ3n) is 3.72. The van der Waals surface area contributed by atoms with E-state index in [1.54, 1.807) is 23.1 Å². The van der Waals surface area contributed by atoms with E-state index in [2.05, 4.69) is 10.2 Å². The molecule has 0 spiro atoms. The number of benzene rings is 1. The van der Waals surface area contributed by atoms with Gasteiger partial charge in [0, 0.05) is 26.2 Å². The molecule has 126 valence electrons. The van der Waals surface area contributed by atoms with Gasteiger partial charge in [-0.25, -0.2) is 0 Å². The molecular weight excluding hydrogens is 298 g/mol. The summed E-state index contributed by atoms with van der Waals surface area (Å²) in [5, 5.41) is 2.59. The summed E-state index contributed by atoms with van der Waals surface area (Å²) in [6.07, 6.45) is 0. The fourth-order valence-electron chi connectivity index (χ4n) is 2.27. The van der Waals surface area contributed by atoms with Crippen LogP contribution >= 0.6 is 0 Å². The van der Waals surface area contributed by atoms with Crippen LogP contribution in [0.15, 0.2) is 24.3 Å². The lowest BCUT2D eigenvalue weighted by atomic mass is 10.3. The number of nitrogens with zero attached hydrogens (tertiary/aromatic N) is 2. The van der Waals surface area contributed by atoms with Crippen LogP contribution in [0.5, 0.6) is 11.5 Å². The Morgan fingerprint density at radius 3 is 2.43 bits per heavy atom. The summed E-state index contributed by atoms with van der Waals surface area (Å²) in [7, 11) is 3.57. The number of rotatable bonds is 6. The average molecular weight is 321 g/mol. The summed E-state index contributed by atoms with van der Waals surface area (Å²) in [5.74, 6) is 0.659. The molecule has 1 aliphatic rings. The van der Waals surface area contributed by atoms with Crippen molar-refractivity contribution in [2.75, 3.05) is 53.5 Å². The largest absolute Gasteiger partial charge is 0.493 e. The van der Waals surface area contributed by atoms with Gasteiger partial charge in [0.2, 0.25) is 5.91 Å². The van der Waals surface area contributed by atoms with Gasteiger partial charge in [0.1, 0.15) is 0 Å². The van der Waals surface area contributed by atoms with Gasteiger partial charge in [-0.2, -0.15) is 0 Å². The Bertz CT molecular complexity index is 542. The molecule has 1 aromatic carbocycles. The first kappa shape index (κ1) is 17.1. The molecule has 0 aliphatic carbocycles. The first-order chi connectivity index (χ1) is 11.1. The maximum absolute atomic E-state index is 12.0. The zero-order valence-electron chi connectivity index (χ0n) is 13.6. The van der Waals surface area contributed by atoms with Gasteiger partial charge in [-0.15, -0.1) is 0 Å². The van der Waals surface area contributed by atoms with Gasteiger partial charge in [-0.05, 0) is 19.2 Å². The maximum atomic E-state index is 12.0. The van der Waals surface area contributed by atoms with Crippen LogP contribution in [0, 0.1) is 0 Å². The number of hydrogen-bond donors (Lipinski definition) is 1.